The lowest BCUT2D eigenvalue weighted by Crippen LogP contribution is -2.15. The van der Waals surface area contributed by atoms with Crippen LogP contribution in [0.3, 0.4) is 0 Å². The van der Waals surface area contributed by atoms with E-state index in [1.54, 1.807) is 22.8 Å². The predicted octanol–water partition coefficient (Wildman–Crippen LogP) is 1.41. The molecule has 18 heavy (non-hydrogen) atoms. The molecule has 0 bridgehead atoms. The van der Waals surface area contributed by atoms with Crippen LogP contribution < -0.4 is 11.1 Å². The lowest BCUT2D eigenvalue weighted by Gasteiger charge is -2.02. The Hall–Kier alpha value is -1.88. The largest absolute Gasteiger partial charge is 0.419 e. The number of carbonyl (C=O) groups is 1. The molecule has 0 amide bonds. The molecule has 0 aliphatic rings. The number of fused-ring (bicyclic) bond motifs is 1. The molecule has 0 saturated heterocycles. The first-order valence-corrected chi connectivity index (χ1v) is 5.99. The quantitative estimate of drug-likeness (QED) is 0.620. The Labute approximate surface area is 104 Å². The maximum atomic E-state index is 11.7. The average molecular weight is 248 g/mol. The van der Waals surface area contributed by atoms with Crippen molar-refractivity contribution in [1.82, 2.24) is 9.88 Å². The molecule has 0 saturated carbocycles. The summed E-state index contributed by atoms with van der Waals surface area (Å²) in [5.41, 5.74) is 1.73. The van der Waals surface area contributed by atoms with Gasteiger partial charge in [0.2, 0.25) is 0 Å². The van der Waals surface area contributed by atoms with E-state index in [-0.39, 0.29) is 5.76 Å². The molecule has 0 unspecified atom stereocenters. The van der Waals surface area contributed by atoms with Crippen molar-refractivity contribution < 1.29 is 9.21 Å². The van der Waals surface area contributed by atoms with Gasteiger partial charge in [0.15, 0.2) is 5.58 Å². The second-order valence-electron chi connectivity index (χ2n) is 4.18. The summed E-state index contributed by atoms with van der Waals surface area (Å²) in [6.45, 7) is 1.56. The van der Waals surface area contributed by atoms with Gasteiger partial charge in [-0.25, -0.2) is 4.79 Å². The van der Waals surface area contributed by atoms with Crippen molar-refractivity contribution in [3.63, 3.8) is 0 Å². The van der Waals surface area contributed by atoms with Crippen LogP contribution in [-0.4, -0.2) is 24.4 Å². The number of nitrogens with zero attached hydrogens (tertiary/aromatic N) is 1. The van der Waals surface area contributed by atoms with Crippen LogP contribution in [0.4, 0.5) is 0 Å². The van der Waals surface area contributed by atoms with Gasteiger partial charge in [-0.2, -0.15) is 0 Å². The summed E-state index contributed by atoms with van der Waals surface area (Å²) >= 11 is 0. The van der Waals surface area contributed by atoms with Crippen LogP contribution in [0.5, 0.6) is 0 Å². The van der Waals surface area contributed by atoms with Crippen LogP contribution in [0.2, 0.25) is 0 Å². The van der Waals surface area contributed by atoms with Gasteiger partial charge in [0.1, 0.15) is 6.29 Å². The van der Waals surface area contributed by atoms with Crippen molar-refractivity contribution in [1.29, 1.82) is 0 Å². The number of hydrogen-bond donors (Lipinski definition) is 1. The number of nitrogens with one attached hydrogen (secondary N) is 1. The molecule has 2 rings (SSSR count). The summed E-state index contributed by atoms with van der Waals surface area (Å²) in [6, 6.07) is 5.03. The lowest BCUT2D eigenvalue weighted by molar-refractivity contribution is 0.112. The monoisotopic (exact) mass is 248 g/mol. The van der Waals surface area contributed by atoms with Crippen LogP contribution in [0, 0.1) is 0 Å². The van der Waals surface area contributed by atoms with Gasteiger partial charge < -0.3 is 9.73 Å². The SMILES string of the molecule is CNCCCCn1c(=O)oc2cc(C=O)ccc21. The number of aryl methyl sites for hydroxylation is 1. The number of hydrogen-bond acceptors (Lipinski definition) is 4. The number of aldehydes is 1. The van der Waals surface area contributed by atoms with E-state index in [2.05, 4.69) is 5.32 Å². The third-order valence-electron chi connectivity index (χ3n) is 2.89. The van der Waals surface area contributed by atoms with Gasteiger partial charge in [0.05, 0.1) is 5.52 Å². The number of aromatic nitrogens is 1. The molecule has 0 fully saturated rings. The van der Waals surface area contributed by atoms with Gasteiger partial charge >= 0.3 is 5.76 Å². The fourth-order valence-electron chi connectivity index (χ4n) is 1.94. The molecule has 96 valence electrons. The molecule has 1 aromatic carbocycles. The summed E-state index contributed by atoms with van der Waals surface area (Å²) in [6.07, 6.45) is 2.65. The fourth-order valence-corrected chi connectivity index (χ4v) is 1.94. The number of oxazole rings is 1. The van der Waals surface area contributed by atoms with E-state index in [0.717, 1.165) is 31.2 Å². The zero-order valence-corrected chi connectivity index (χ0v) is 10.3. The minimum atomic E-state index is -0.363. The molecule has 1 aromatic heterocycles. The first-order chi connectivity index (χ1) is 8.76. The van der Waals surface area contributed by atoms with Crippen molar-refractivity contribution in [2.24, 2.45) is 0 Å². The van der Waals surface area contributed by atoms with Gasteiger partial charge in [-0.15, -0.1) is 0 Å². The topological polar surface area (TPSA) is 64.2 Å². The Bertz CT molecular complexity index is 598. The normalized spacial score (nSPS) is 10.9. The number of benzene rings is 1. The first kappa shape index (κ1) is 12.6. The van der Waals surface area contributed by atoms with E-state index in [0.29, 0.717) is 17.7 Å². The van der Waals surface area contributed by atoms with E-state index in [4.69, 9.17) is 4.42 Å². The van der Waals surface area contributed by atoms with Crippen molar-refractivity contribution in [3.8, 4) is 0 Å². The molecule has 5 heteroatoms. The van der Waals surface area contributed by atoms with E-state index in [1.807, 2.05) is 7.05 Å². The van der Waals surface area contributed by atoms with Gasteiger partial charge in [-0.1, -0.05) is 0 Å². The number of carbonyl (C=O) groups excluding carboxylic acids is 1. The molecule has 0 atom stereocenters. The van der Waals surface area contributed by atoms with Gasteiger partial charge in [-0.3, -0.25) is 9.36 Å². The summed E-state index contributed by atoms with van der Waals surface area (Å²) in [5.74, 6) is -0.363. The maximum Gasteiger partial charge on any atom is 0.419 e. The molecular formula is C13H16N2O3. The minimum absolute atomic E-state index is 0.363. The highest BCUT2D eigenvalue weighted by atomic mass is 16.4. The average Bonchev–Trinajstić information content (AvgIpc) is 2.69. The summed E-state index contributed by atoms with van der Waals surface area (Å²) < 4.78 is 6.74. The minimum Gasteiger partial charge on any atom is -0.408 e. The van der Waals surface area contributed by atoms with Gasteiger partial charge in [-0.05, 0) is 44.6 Å². The lowest BCUT2D eigenvalue weighted by atomic mass is 10.2. The van der Waals surface area contributed by atoms with Crippen LogP contribution in [0.1, 0.15) is 23.2 Å². The van der Waals surface area contributed by atoms with Crippen molar-refractivity contribution in [2.45, 2.75) is 19.4 Å². The van der Waals surface area contributed by atoms with Gasteiger partial charge in [0, 0.05) is 12.1 Å². The molecule has 1 N–H and O–H groups in total. The van der Waals surface area contributed by atoms with E-state index in [9.17, 15) is 9.59 Å². The fraction of sp³-hybridized carbons (Fsp3) is 0.385. The number of unbranched alkanes of at least 4 members (excludes halogenated alkanes) is 1. The molecule has 0 aliphatic carbocycles. The molecule has 0 spiro atoms. The van der Waals surface area contributed by atoms with Crippen molar-refractivity contribution >= 4 is 17.4 Å². The van der Waals surface area contributed by atoms with Crippen molar-refractivity contribution in [2.75, 3.05) is 13.6 Å². The van der Waals surface area contributed by atoms with Crippen LogP contribution in [0.25, 0.3) is 11.1 Å². The Morgan fingerprint density at radius 1 is 1.39 bits per heavy atom. The first-order valence-electron chi connectivity index (χ1n) is 5.99. The molecule has 0 aliphatic heterocycles. The zero-order valence-electron chi connectivity index (χ0n) is 10.3. The molecule has 1 heterocycles. The third-order valence-corrected chi connectivity index (χ3v) is 2.89. The highest BCUT2D eigenvalue weighted by Gasteiger charge is 2.09. The Morgan fingerprint density at radius 3 is 2.94 bits per heavy atom. The second kappa shape index (κ2) is 5.64. The Kier molecular flexibility index (Phi) is 3.94. The zero-order chi connectivity index (χ0) is 13.0. The summed E-state index contributed by atoms with van der Waals surface area (Å²) in [5, 5.41) is 3.06. The molecular weight excluding hydrogens is 232 g/mol. The molecule has 2 aromatic rings. The maximum absolute atomic E-state index is 11.7. The summed E-state index contributed by atoms with van der Waals surface area (Å²) in [7, 11) is 1.90. The van der Waals surface area contributed by atoms with Crippen LogP contribution in [0.15, 0.2) is 27.4 Å². The highest BCUT2D eigenvalue weighted by Crippen LogP contribution is 2.14. The van der Waals surface area contributed by atoms with Gasteiger partial charge in [0.25, 0.3) is 0 Å². The van der Waals surface area contributed by atoms with Crippen molar-refractivity contribution in [3.05, 3.63) is 34.3 Å². The number of rotatable bonds is 6. The smallest absolute Gasteiger partial charge is 0.408 e. The van der Waals surface area contributed by atoms with E-state index < -0.39 is 0 Å². The Balaban J connectivity index is 2.24. The van der Waals surface area contributed by atoms with Crippen LogP contribution >= 0.6 is 0 Å². The molecule has 5 nitrogen and oxygen atoms in total. The highest BCUT2D eigenvalue weighted by molar-refractivity contribution is 5.83. The Morgan fingerprint density at radius 2 is 2.22 bits per heavy atom. The predicted molar refractivity (Wildman–Crippen MR) is 69.0 cm³/mol. The third kappa shape index (κ3) is 2.51. The summed E-state index contributed by atoms with van der Waals surface area (Å²) in [4.78, 5) is 22.3. The standard InChI is InChI=1S/C13H16N2O3/c1-14-6-2-3-7-15-11-5-4-10(9-16)8-12(11)18-13(15)17/h4-5,8-9,14H,2-3,6-7H2,1H3. The molecule has 0 radical (unpaired) electrons. The van der Waals surface area contributed by atoms with E-state index >= 15 is 0 Å². The second-order valence-corrected chi connectivity index (χ2v) is 4.18. The van der Waals surface area contributed by atoms with E-state index in [1.165, 1.54) is 0 Å². The van der Waals surface area contributed by atoms with Crippen LogP contribution in [-0.2, 0) is 6.54 Å².